The maximum Gasteiger partial charge on any atom is 0.302 e. The van der Waals surface area contributed by atoms with E-state index in [-0.39, 0.29) is 12.1 Å². The van der Waals surface area contributed by atoms with Crippen molar-refractivity contribution < 1.29 is 9.53 Å². The number of rotatable bonds is 5. The van der Waals surface area contributed by atoms with Gasteiger partial charge in [0, 0.05) is 13.3 Å². The number of ether oxygens (including phenoxy) is 1. The van der Waals surface area contributed by atoms with E-state index in [1.165, 1.54) is 6.92 Å². The maximum atomic E-state index is 10.6. The summed E-state index contributed by atoms with van der Waals surface area (Å²) in [4.78, 5) is 10.6. The number of carbonyl (C=O) groups excluding carboxylic acids is 1. The zero-order chi connectivity index (χ0) is 9.40. The van der Waals surface area contributed by atoms with Crippen LogP contribution in [0.25, 0.3) is 0 Å². The monoisotopic (exact) mass is 170 g/mol. The minimum absolute atomic E-state index is 0.0605. The summed E-state index contributed by atoms with van der Waals surface area (Å²) in [5.41, 5.74) is 0. The van der Waals surface area contributed by atoms with E-state index < -0.39 is 0 Å². The van der Waals surface area contributed by atoms with Crippen LogP contribution in [0.1, 0.15) is 40.0 Å². The zero-order valence-corrected chi connectivity index (χ0v) is 8.17. The third-order valence-corrected chi connectivity index (χ3v) is 1.59. The number of esters is 1. The number of hydrogen-bond acceptors (Lipinski definition) is 2. The van der Waals surface area contributed by atoms with Crippen LogP contribution >= 0.6 is 0 Å². The van der Waals surface area contributed by atoms with E-state index in [4.69, 9.17) is 4.74 Å². The molecule has 0 spiro atoms. The molecule has 0 saturated heterocycles. The van der Waals surface area contributed by atoms with Crippen LogP contribution in [0, 0.1) is 0 Å². The molecular formula is C10H18O2. The van der Waals surface area contributed by atoms with E-state index in [0.29, 0.717) is 0 Å². The van der Waals surface area contributed by atoms with Gasteiger partial charge in [-0.15, -0.1) is 0 Å². The molecule has 2 nitrogen and oxygen atoms in total. The fraction of sp³-hybridized carbons (Fsp3) is 0.700. The standard InChI is InChI=1S/C10H18O2/c1-4-6-7-8-10(5-2)12-9(3)11/h6-7,10H,4-5,8H2,1-3H3/b7-6+. The Morgan fingerprint density at radius 1 is 1.42 bits per heavy atom. The van der Waals surface area contributed by atoms with Crippen LogP contribution < -0.4 is 0 Å². The van der Waals surface area contributed by atoms with Gasteiger partial charge in [-0.3, -0.25) is 4.79 Å². The van der Waals surface area contributed by atoms with Gasteiger partial charge in [0.05, 0.1) is 0 Å². The average molecular weight is 170 g/mol. The minimum atomic E-state index is -0.188. The molecule has 0 aromatic heterocycles. The Morgan fingerprint density at radius 2 is 2.08 bits per heavy atom. The maximum absolute atomic E-state index is 10.6. The van der Waals surface area contributed by atoms with E-state index in [1.54, 1.807) is 0 Å². The summed E-state index contributed by atoms with van der Waals surface area (Å²) in [6.07, 6.45) is 6.97. The molecule has 0 radical (unpaired) electrons. The SMILES string of the molecule is CC/C=C/CC(CC)OC(C)=O. The smallest absolute Gasteiger partial charge is 0.302 e. The first kappa shape index (κ1) is 11.2. The van der Waals surface area contributed by atoms with Crippen LogP contribution in [0.3, 0.4) is 0 Å². The van der Waals surface area contributed by atoms with E-state index in [2.05, 4.69) is 19.1 Å². The topological polar surface area (TPSA) is 26.3 Å². The van der Waals surface area contributed by atoms with Crippen LogP contribution in [0.15, 0.2) is 12.2 Å². The fourth-order valence-corrected chi connectivity index (χ4v) is 0.947. The van der Waals surface area contributed by atoms with Crippen molar-refractivity contribution in [1.29, 1.82) is 0 Å². The fourth-order valence-electron chi connectivity index (χ4n) is 0.947. The Kier molecular flexibility index (Phi) is 6.44. The quantitative estimate of drug-likeness (QED) is 0.468. The molecule has 0 aliphatic heterocycles. The Labute approximate surface area is 74.6 Å². The molecule has 0 saturated carbocycles. The molecule has 0 N–H and O–H groups in total. The first-order chi connectivity index (χ1) is 5.70. The summed E-state index contributed by atoms with van der Waals surface area (Å²) in [5, 5.41) is 0. The second-order valence-electron chi connectivity index (χ2n) is 2.76. The highest BCUT2D eigenvalue weighted by molar-refractivity contribution is 5.66. The summed E-state index contributed by atoms with van der Waals surface area (Å²) < 4.78 is 5.06. The van der Waals surface area contributed by atoms with Gasteiger partial charge >= 0.3 is 5.97 Å². The molecule has 0 amide bonds. The molecule has 1 atom stereocenters. The number of allylic oxidation sites excluding steroid dienone is 1. The predicted octanol–water partition coefficient (Wildman–Crippen LogP) is 2.68. The van der Waals surface area contributed by atoms with Crippen molar-refractivity contribution in [3.05, 3.63) is 12.2 Å². The summed E-state index contributed by atoms with van der Waals surface area (Å²) in [6, 6.07) is 0. The van der Waals surface area contributed by atoms with Crippen molar-refractivity contribution in [2.75, 3.05) is 0 Å². The molecule has 0 rings (SSSR count). The van der Waals surface area contributed by atoms with Crippen LogP contribution in [0.5, 0.6) is 0 Å². The average Bonchev–Trinajstić information content (AvgIpc) is 2.02. The Bertz CT molecular complexity index is 150. The van der Waals surface area contributed by atoms with Gasteiger partial charge in [-0.05, 0) is 12.8 Å². The highest BCUT2D eigenvalue weighted by Crippen LogP contribution is 2.04. The molecule has 2 heteroatoms. The molecular weight excluding hydrogens is 152 g/mol. The third kappa shape index (κ3) is 5.96. The van der Waals surface area contributed by atoms with Crippen molar-refractivity contribution in [1.82, 2.24) is 0 Å². The van der Waals surface area contributed by atoms with Crippen molar-refractivity contribution in [2.45, 2.75) is 46.1 Å². The lowest BCUT2D eigenvalue weighted by Crippen LogP contribution is -2.13. The molecule has 0 fully saturated rings. The minimum Gasteiger partial charge on any atom is -0.462 e. The van der Waals surface area contributed by atoms with Gasteiger partial charge in [0.15, 0.2) is 0 Å². The summed E-state index contributed by atoms with van der Waals surface area (Å²) in [6.45, 7) is 5.56. The Balaban J connectivity index is 3.67. The van der Waals surface area contributed by atoms with Gasteiger partial charge in [-0.2, -0.15) is 0 Å². The number of hydrogen-bond donors (Lipinski definition) is 0. The van der Waals surface area contributed by atoms with Crippen molar-refractivity contribution >= 4 is 5.97 Å². The van der Waals surface area contributed by atoms with E-state index >= 15 is 0 Å². The molecule has 12 heavy (non-hydrogen) atoms. The van der Waals surface area contributed by atoms with E-state index in [9.17, 15) is 4.79 Å². The molecule has 0 aliphatic carbocycles. The van der Waals surface area contributed by atoms with Crippen LogP contribution in [0.2, 0.25) is 0 Å². The molecule has 1 unspecified atom stereocenters. The third-order valence-electron chi connectivity index (χ3n) is 1.59. The summed E-state index contributed by atoms with van der Waals surface area (Å²) in [5.74, 6) is -0.188. The van der Waals surface area contributed by atoms with Crippen molar-refractivity contribution in [3.63, 3.8) is 0 Å². The second kappa shape index (κ2) is 6.89. The lowest BCUT2D eigenvalue weighted by molar-refractivity contribution is -0.146. The molecule has 0 aromatic rings. The first-order valence-corrected chi connectivity index (χ1v) is 4.52. The predicted molar refractivity (Wildman–Crippen MR) is 49.9 cm³/mol. The molecule has 0 heterocycles. The normalized spacial score (nSPS) is 13.2. The highest BCUT2D eigenvalue weighted by atomic mass is 16.5. The van der Waals surface area contributed by atoms with Gasteiger partial charge in [0.2, 0.25) is 0 Å². The van der Waals surface area contributed by atoms with E-state index in [1.807, 2.05) is 6.92 Å². The van der Waals surface area contributed by atoms with Gasteiger partial charge in [0.25, 0.3) is 0 Å². The first-order valence-electron chi connectivity index (χ1n) is 4.52. The molecule has 0 aromatic carbocycles. The molecule has 70 valence electrons. The Hall–Kier alpha value is -0.790. The lowest BCUT2D eigenvalue weighted by Gasteiger charge is -2.11. The largest absolute Gasteiger partial charge is 0.462 e. The zero-order valence-electron chi connectivity index (χ0n) is 8.17. The van der Waals surface area contributed by atoms with Gasteiger partial charge in [-0.25, -0.2) is 0 Å². The van der Waals surface area contributed by atoms with Gasteiger partial charge < -0.3 is 4.74 Å². The van der Waals surface area contributed by atoms with Crippen molar-refractivity contribution in [2.24, 2.45) is 0 Å². The van der Waals surface area contributed by atoms with Crippen LogP contribution in [-0.4, -0.2) is 12.1 Å². The van der Waals surface area contributed by atoms with Gasteiger partial charge in [-0.1, -0.05) is 26.0 Å². The van der Waals surface area contributed by atoms with Gasteiger partial charge in [0.1, 0.15) is 6.10 Å². The molecule has 0 bridgehead atoms. The summed E-state index contributed by atoms with van der Waals surface area (Å²) >= 11 is 0. The van der Waals surface area contributed by atoms with Crippen LogP contribution in [0.4, 0.5) is 0 Å². The Morgan fingerprint density at radius 3 is 2.50 bits per heavy atom. The van der Waals surface area contributed by atoms with Crippen LogP contribution in [-0.2, 0) is 9.53 Å². The van der Waals surface area contributed by atoms with Crippen molar-refractivity contribution in [3.8, 4) is 0 Å². The highest BCUT2D eigenvalue weighted by Gasteiger charge is 2.05. The number of carbonyl (C=O) groups is 1. The second-order valence-corrected chi connectivity index (χ2v) is 2.76. The van der Waals surface area contributed by atoms with E-state index in [0.717, 1.165) is 19.3 Å². The lowest BCUT2D eigenvalue weighted by atomic mass is 10.2. The molecule has 0 aliphatic rings. The summed E-state index contributed by atoms with van der Waals surface area (Å²) in [7, 11) is 0.